The van der Waals surface area contributed by atoms with Gasteiger partial charge in [-0.3, -0.25) is 9.63 Å². The zero-order valence-corrected chi connectivity index (χ0v) is 12.8. The third-order valence-electron chi connectivity index (χ3n) is 2.98. The number of halogens is 1. The van der Waals surface area contributed by atoms with Crippen molar-refractivity contribution in [2.75, 3.05) is 19.5 Å². The fraction of sp³-hybridized carbons (Fsp3) is 0.133. The number of carbonyl (C=O) groups excluding carboxylic acids is 1. The van der Waals surface area contributed by atoms with Crippen molar-refractivity contribution in [1.82, 2.24) is 10.0 Å². The highest BCUT2D eigenvalue weighted by Crippen LogP contribution is 2.25. The first kappa shape index (κ1) is 15.8. The van der Waals surface area contributed by atoms with E-state index in [9.17, 15) is 4.79 Å². The van der Waals surface area contributed by atoms with Crippen LogP contribution in [0.4, 0.5) is 11.4 Å². The largest absolute Gasteiger partial charge is 0.354 e. The first-order chi connectivity index (χ1) is 10.6. The Morgan fingerprint density at radius 3 is 2.82 bits per heavy atom. The molecule has 0 bridgehead atoms. The van der Waals surface area contributed by atoms with Crippen LogP contribution in [0.3, 0.4) is 0 Å². The van der Waals surface area contributed by atoms with Gasteiger partial charge in [0, 0.05) is 19.3 Å². The summed E-state index contributed by atoms with van der Waals surface area (Å²) >= 11 is 5.86. The van der Waals surface area contributed by atoms with Gasteiger partial charge in [0.05, 0.1) is 29.6 Å². The summed E-state index contributed by atoms with van der Waals surface area (Å²) in [5.74, 6) is -0.315. The Labute approximate surface area is 132 Å². The number of hydrogen-bond donors (Lipinski definition) is 1. The van der Waals surface area contributed by atoms with Crippen LogP contribution in [0, 0.1) is 11.3 Å². The third-order valence-corrected chi connectivity index (χ3v) is 3.18. The number of rotatable bonds is 4. The van der Waals surface area contributed by atoms with Gasteiger partial charge in [-0.15, -0.1) is 0 Å². The number of pyridine rings is 1. The van der Waals surface area contributed by atoms with E-state index in [1.165, 1.54) is 26.4 Å². The van der Waals surface area contributed by atoms with Gasteiger partial charge in [-0.05, 0) is 12.1 Å². The Balaban J connectivity index is 2.41. The molecule has 0 spiro atoms. The van der Waals surface area contributed by atoms with Gasteiger partial charge in [-0.2, -0.15) is 5.26 Å². The van der Waals surface area contributed by atoms with Gasteiger partial charge in [0.25, 0.3) is 5.91 Å². The van der Waals surface area contributed by atoms with E-state index in [0.29, 0.717) is 22.5 Å². The summed E-state index contributed by atoms with van der Waals surface area (Å²) in [6, 6.07) is 10.5. The Hall–Kier alpha value is -2.62. The zero-order chi connectivity index (χ0) is 16.1. The maximum Gasteiger partial charge on any atom is 0.279 e. The summed E-state index contributed by atoms with van der Waals surface area (Å²) in [5.41, 5.74) is 1.74. The molecule has 1 aromatic heterocycles. The maximum absolute atomic E-state index is 12.3. The molecule has 2 aromatic rings. The molecule has 0 aliphatic heterocycles. The van der Waals surface area contributed by atoms with Gasteiger partial charge in [0.2, 0.25) is 0 Å². The summed E-state index contributed by atoms with van der Waals surface area (Å²) in [6.07, 6.45) is 1.37. The first-order valence-corrected chi connectivity index (χ1v) is 6.68. The average molecular weight is 317 g/mol. The van der Waals surface area contributed by atoms with Crippen molar-refractivity contribution in [3.05, 3.63) is 52.8 Å². The molecule has 1 aromatic carbocycles. The summed E-state index contributed by atoms with van der Waals surface area (Å²) in [4.78, 5) is 21.0. The maximum atomic E-state index is 12.3. The number of aromatic nitrogens is 1. The first-order valence-electron chi connectivity index (χ1n) is 6.30. The normalized spacial score (nSPS) is 9.91. The Morgan fingerprint density at radius 2 is 2.14 bits per heavy atom. The topological polar surface area (TPSA) is 78.2 Å². The Bertz CT molecular complexity index is 743. The lowest BCUT2D eigenvalue weighted by Gasteiger charge is -2.17. The Kier molecular flexibility index (Phi) is 4.94. The predicted molar refractivity (Wildman–Crippen MR) is 82.8 cm³/mol. The number of amides is 1. The average Bonchev–Trinajstić information content (AvgIpc) is 2.54. The molecule has 7 heteroatoms. The molecule has 0 saturated carbocycles. The molecule has 0 atom stereocenters. The zero-order valence-electron chi connectivity index (χ0n) is 12.0. The van der Waals surface area contributed by atoms with Crippen LogP contribution < -0.4 is 5.32 Å². The number of hydrogen-bond acceptors (Lipinski definition) is 5. The second-order valence-corrected chi connectivity index (χ2v) is 4.71. The van der Waals surface area contributed by atoms with Crippen LogP contribution in [0.2, 0.25) is 5.15 Å². The molecule has 0 saturated heterocycles. The molecule has 0 radical (unpaired) electrons. The SMILES string of the molecule is CON(C)C(=O)c1ccccc1Nc1cc(Cl)ncc1C#N. The fourth-order valence-electron chi connectivity index (χ4n) is 1.80. The number of anilines is 2. The molecule has 1 amide bonds. The summed E-state index contributed by atoms with van der Waals surface area (Å²) in [6.45, 7) is 0. The van der Waals surface area contributed by atoms with Crippen LogP contribution in [0.5, 0.6) is 0 Å². The van der Waals surface area contributed by atoms with Gasteiger partial charge in [0.1, 0.15) is 11.2 Å². The second kappa shape index (κ2) is 6.89. The molecule has 0 unspecified atom stereocenters. The van der Waals surface area contributed by atoms with E-state index >= 15 is 0 Å². The smallest absolute Gasteiger partial charge is 0.279 e. The van der Waals surface area contributed by atoms with Gasteiger partial charge in [-0.1, -0.05) is 23.7 Å². The van der Waals surface area contributed by atoms with E-state index in [2.05, 4.69) is 10.3 Å². The van der Waals surface area contributed by atoms with Crippen molar-refractivity contribution in [3.8, 4) is 6.07 Å². The number of hydroxylamine groups is 2. The van der Waals surface area contributed by atoms with Crippen LogP contribution in [-0.2, 0) is 4.84 Å². The highest BCUT2D eigenvalue weighted by atomic mass is 35.5. The van der Waals surface area contributed by atoms with Crippen molar-refractivity contribution in [2.45, 2.75) is 0 Å². The van der Waals surface area contributed by atoms with Crippen molar-refractivity contribution in [1.29, 1.82) is 5.26 Å². The van der Waals surface area contributed by atoms with Crippen LogP contribution in [0.15, 0.2) is 36.5 Å². The van der Waals surface area contributed by atoms with Crippen LogP contribution in [0.25, 0.3) is 0 Å². The number of nitriles is 1. The second-order valence-electron chi connectivity index (χ2n) is 4.32. The predicted octanol–water partition coefficient (Wildman–Crippen LogP) is 2.98. The van der Waals surface area contributed by atoms with Crippen LogP contribution >= 0.6 is 11.6 Å². The molecule has 0 aliphatic rings. The molecule has 22 heavy (non-hydrogen) atoms. The molecule has 112 valence electrons. The molecule has 0 aliphatic carbocycles. The minimum Gasteiger partial charge on any atom is -0.354 e. The Morgan fingerprint density at radius 1 is 1.41 bits per heavy atom. The van der Waals surface area contributed by atoms with Crippen molar-refractivity contribution in [3.63, 3.8) is 0 Å². The quantitative estimate of drug-likeness (QED) is 0.693. The summed E-state index contributed by atoms with van der Waals surface area (Å²) in [5, 5.41) is 13.5. The van der Waals surface area contributed by atoms with Crippen molar-refractivity contribution < 1.29 is 9.63 Å². The van der Waals surface area contributed by atoms with Crippen LogP contribution in [-0.4, -0.2) is 30.1 Å². The summed E-state index contributed by atoms with van der Waals surface area (Å²) in [7, 11) is 2.92. The van der Waals surface area contributed by atoms with Gasteiger partial charge in [-0.25, -0.2) is 10.0 Å². The highest BCUT2D eigenvalue weighted by Gasteiger charge is 2.16. The minimum atomic E-state index is -0.315. The fourth-order valence-corrected chi connectivity index (χ4v) is 1.96. The van der Waals surface area contributed by atoms with Crippen molar-refractivity contribution >= 4 is 28.9 Å². The third kappa shape index (κ3) is 3.34. The number of nitrogens with zero attached hydrogens (tertiary/aromatic N) is 3. The van der Waals surface area contributed by atoms with E-state index < -0.39 is 0 Å². The molecular formula is C15H13ClN4O2. The molecule has 0 fully saturated rings. The molecule has 1 heterocycles. The van der Waals surface area contributed by atoms with E-state index in [0.717, 1.165) is 5.06 Å². The van der Waals surface area contributed by atoms with Gasteiger partial charge < -0.3 is 5.32 Å². The number of carbonyl (C=O) groups is 1. The number of benzene rings is 1. The van der Waals surface area contributed by atoms with Gasteiger partial charge >= 0.3 is 0 Å². The molecule has 1 N–H and O–H groups in total. The lowest BCUT2D eigenvalue weighted by atomic mass is 10.1. The van der Waals surface area contributed by atoms with Crippen molar-refractivity contribution in [2.24, 2.45) is 0 Å². The highest BCUT2D eigenvalue weighted by molar-refractivity contribution is 6.29. The number of para-hydroxylation sites is 1. The van der Waals surface area contributed by atoms with E-state index in [4.69, 9.17) is 21.7 Å². The monoisotopic (exact) mass is 316 g/mol. The lowest BCUT2D eigenvalue weighted by molar-refractivity contribution is -0.0756. The molecule has 2 rings (SSSR count). The van der Waals surface area contributed by atoms with E-state index in [-0.39, 0.29) is 11.1 Å². The van der Waals surface area contributed by atoms with E-state index in [1.807, 2.05) is 6.07 Å². The molecular weight excluding hydrogens is 304 g/mol. The van der Waals surface area contributed by atoms with E-state index in [1.54, 1.807) is 24.3 Å². The molecule has 6 nitrogen and oxygen atoms in total. The lowest BCUT2D eigenvalue weighted by Crippen LogP contribution is -2.26. The minimum absolute atomic E-state index is 0.249. The number of nitrogens with one attached hydrogen (secondary N) is 1. The standard InChI is InChI=1S/C15H13ClN4O2/c1-20(22-2)15(21)11-5-3-4-6-12(11)19-13-7-14(16)18-9-10(13)8-17/h3-7,9H,1-2H3,(H,18,19). The summed E-state index contributed by atoms with van der Waals surface area (Å²) < 4.78 is 0. The van der Waals surface area contributed by atoms with Gasteiger partial charge in [0.15, 0.2) is 0 Å². The van der Waals surface area contributed by atoms with Crippen LogP contribution in [0.1, 0.15) is 15.9 Å².